The molecule has 20 heavy (non-hydrogen) atoms. The highest BCUT2D eigenvalue weighted by molar-refractivity contribution is 7.09. The van der Waals surface area contributed by atoms with E-state index >= 15 is 0 Å². The maximum Gasteiger partial charge on any atom is 0.191 e. The molecule has 0 atom stereocenters. The molecule has 0 saturated carbocycles. The third-order valence-corrected chi connectivity index (χ3v) is 3.66. The normalized spacial score (nSPS) is 11.4. The number of guanidine groups is 1. The van der Waals surface area contributed by atoms with Gasteiger partial charge in [-0.25, -0.2) is 9.98 Å². The van der Waals surface area contributed by atoms with Crippen LogP contribution >= 0.6 is 22.9 Å². The van der Waals surface area contributed by atoms with Gasteiger partial charge in [-0.15, -0.1) is 11.3 Å². The van der Waals surface area contributed by atoms with Gasteiger partial charge < -0.3 is 10.6 Å². The van der Waals surface area contributed by atoms with Gasteiger partial charge in [-0.3, -0.25) is 0 Å². The molecule has 0 amide bonds. The first-order chi connectivity index (χ1) is 9.78. The van der Waals surface area contributed by atoms with Gasteiger partial charge in [-0.05, 0) is 30.0 Å². The molecule has 0 aliphatic heterocycles. The van der Waals surface area contributed by atoms with Crippen LogP contribution in [-0.4, -0.2) is 17.5 Å². The van der Waals surface area contributed by atoms with Crippen molar-refractivity contribution in [2.45, 2.75) is 20.0 Å². The molecule has 2 rings (SSSR count). The van der Waals surface area contributed by atoms with E-state index in [1.165, 1.54) is 4.88 Å². The van der Waals surface area contributed by atoms with Gasteiger partial charge in [0.1, 0.15) is 5.15 Å². The highest BCUT2D eigenvalue weighted by Gasteiger charge is 1.99. The Balaban J connectivity index is 1.92. The average molecular weight is 309 g/mol. The van der Waals surface area contributed by atoms with Crippen LogP contribution in [0, 0.1) is 0 Å². The van der Waals surface area contributed by atoms with E-state index in [2.05, 4.69) is 32.1 Å². The van der Waals surface area contributed by atoms with E-state index < -0.39 is 0 Å². The standard InChI is InChI=1S/C14H17ClN4S/c1-2-16-14(19-10-12-4-3-7-20-12)18-9-11-5-6-13(15)17-8-11/h3-8H,2,9-10H2,1H3,(H2,16,18,19). The van der Waals surface area contributed by atoms with E-state index in [1.807, 2.05) is 19.1 Å². The lowest BCUT2D eigenvalue weighted by Crippen LogP contribution is -2.36. The molecule has 106 valence electrons. The average Bonchev–Trinajstić information content (AvgIpc) is 2.97. The summed E-state index contributed by atoms with van der Waals surface area (Å²) in [6.45, 7) is 4.23. The Morgan fingerprint density at radius 2 is 2.25 bits per heavy atom. The highest BCUT2D eigenvalue weighted by Crippen LogP contribution is 2.08. The topological polar surface area (TPSA) is 49.3 Å². The molecular formula is C14H17ClN4S. The van der Waals surface area contributed by atoms with E-state index in [0.29, 0.717) is 11.7 Å². The Hall–Kier alpha value is -1.59. The number of hydrogen-bond acceptors (Lipinski definition) is 3. The summed E-state index contributed by atoms with van der Waals surface area (Å²) in [6.07, 6.45) is 1.74. The Labute approximate surface area is 127 Å². The molecule has 2 aromatic rings. The second kappa shape index (κ2) is 7.87. The molecule has 0 radical (unpaired) electrons. The third kappa shape index (κ3) is 4.83. The zero-order chi connectivity index (χ0) is 14.2. The summed E-state index contributed by atoms with van der Waals surface area (Å²) < 4.78 is 0. The van der Waals surface area contributed by atoms with Crippen molar-refractivity contribution in [2.24, 2.45) is 4.99 Å². The molecule has 2 aromatic heterocycles. The number of nitrogens with zero attached hydrogens (tertiary/aromatic N) is 2. The molecule has 6 heteroatoms. The minimum atomic E-state index is 0.500. The maximum absolute atomic E-state index is 5.76. The molecule has 0 bridgehead atoms. The SMILES string of the molecule is CCNC(=NCc1ccc(Cl)nc1)NCc1cccs1. The van der Waals surface area contributed by atoms with Crippen molar-refractivity contribution in [3.63, 3.8) is 0 Å². The summed E-state index contributed by atoms with van der Waals surface area (Å²) in [5.41, 5.74) is 1.03. The van der Waals surface area contributed by atoms with Crippen molar-refractivity contribution >= 4 is 28.9 Å². The number of pyridine rings is 1. The van der Waals surface area contributed by atoms with Crippen LogP contribution in [0.1, 0.15) is 17.4 Å². The van der Waals surface area contributed by atoms with Crippen LogP contribution in [0.3, 0.4) is 0 Å². The quantitative estimate of drug-likeness (QED) is 0.507. The predicted molar refractivity (Wildman–Crippen MR) is 85.2 cm³/mol. The minimum absolute atomic E-state index is 0.500. The molecule has 0 spiro atoms. The van der Waals surface area contributed by atoms with Crippen molar-refractivity contribution in [1.29, 1.82) is 0 Å². The van der Waals surface area contributed by atoms with Crippen LogP contribution < -0.4 is 10.6 Å². The van der Waals surface area contributed by atoms with E-state index in [-0.39, 0.29) is 0 Å². The van der Waals surface area contributed by atoms with E-state index in [4.69, 9.17) is 11.6 Å². The van der Waals surface area contributed by atoms with Gasteiger partial charge in [0.15, 0.2) is 5.96 Å². The van der Waals surface area contributed by atoms with Gasteiger partial charge in [0.25, 0.3) is 0 Å². The molecule has 0 fully saturated rings. The molecule has 0 unspecified atom stereocenters. The zero-order valence-corrected chi connectivity index (χ0v) is 12.8. The number of aromatic nitrogens is 1. The number of aliphatic imine (C=N–C) groups is 1. The second-order valence-corrected chi connectivity index (χ2v) is 5.54. The smallest absolute Gasteiger partial charge is 0.191 e. The van der Waals surface area contributed by atoms with Crippen LogP contribution in [-0.2, 0) is 13.1 Å². The lowest BCUT2D eigenvalue weighted by atomic mass is 10.3. The summed E-state index contributed by atoms with van der Waals surface area (Å²) in [5.74, 6) is 0.802. The van der Waals surface area contributed by atoms with Crippen LogP contribution in [0.25, 0.3) is 0 Å². The van der Waals surface area contributed by atoms with Crippen LogP contribution in [0.5, 0.6) is 0 Å². The van der Waals surface area contributed by atoms with Crippen molar-refractivity contribution in [3.8, 4) is 0 Å². The van der Waals surface area contributed by atoms with Crippen molar-refractivity contribution in [2.75, 3.05) is 6.54 Å². The van der Waals surface area contributed by atoms with E-state index in [1.54, 1.807) is 23.6 Å². The number of thiophene rings is 1. The monoisotopic (exact) mass is 308 g/mol. The molecular weight excluding hydrogens is 292 g/mol. The van der Waals surface area contributed by atoms with Crippen LogP contribution in [0.2, 0.25) is 5.15 Å². The first-order valence-corrected chi connectivity index (χ1v) is 7.68. The van der Waals surface area contributed by atoms with E-state index in [0.717, 1.165) is 24.6 Å². The van der Waals surface area contributed by atoms with Crippen LogP contribution in [0.4, 0.5) is 0 Å². The van der Waals surface area contributed by atoms with Crippen LogP contribution in [0.15, 0.2) is 40.8 Å². The Kier molecular flexibility index (Phi) is 5.83. The molecule has 4 nitrogen and oxygen atoms in total. The second-order valence-electron chi connectivity index (χ2n) is 4.12. The highest BCUT2D eigenvalue weighted by atomic mass is 35.5. The summed E-state index contributed by atoms with van der Waals surface area (Å²) >= 11 is 7.49. The Bertz CT molecular complexity index is 537. The first-order valence-electron chi connectivity index (χ1n) is 6.43. The number of halogens is 1. The fraction of sp³-hybridized carbons (Fsp3) is 0.286. The summed E-state index contributed by atoms with van der Waals surface area (Å²) in [5, 5.41) is 9.10. The third-order valence-electron chi connectivity index (χ3n) is 2.56. The van der Waals surface area contributed by atoms with Gasteiger partial charge in [0, 0.05) is 17.6 Å². The fourth-order valence-corrected chi connectivity index (χ4v) is 2.35. The van der Waals surface area contributed by atoms with Gasteiger partial charge in [0.2, 0.25) is 0 Å². The van der Waals surface area contributed by atoms with Gasteiger partial charge >= 0.3 is 0 Å². The number of nitrogens with one attached hydrogen (secondary N) is 2. The Morgan fingerprint density at radius 1 is 1.35 bits per heavy atom. The lowest BCUT2D eigenvalue weighted by molar-refractivity contribution is 0.823. The molecule has 2 heterocycles. The molecule has 2 N–H and O–H groups in total. The molecule has 0 aliphatic rings. The zero-order valence-electron chi connectivity index (χ0n) is 11.3. The van der Waals surface area contributed by atoms with Crippen molar-refractivity contribution < 1.29 is 0 Å². The lowest BCUT2D eigenvalue weighted by Gasteiger charge is -2.10. The summed E-state index contributed by atoms with van der Waals surface area (Å²) in [4.78, 5) is 9.86. The largest absolute Gasteiger partial charge is 0.357 e. The maximum atomic E-state index is 5.76. The summed E-state index contributed by atoms with van der Waals surface area (Å²) in [7, 11) is 0. The fourth-order valence-electron chi connectivity index (χ4n) is 1.60. The summed E-state index contributed by atoms with van der Waals surface area (Å²) in [6, 6.07) is 7.86. The molecule has 0 aromatic carbocycles. The van der Waals surface area contributed by atoms with Gasteiger partial charge in [-0.1, -0.05) is 23.7 Å². The molecule has 0 saturated heterocycles. The van der Waals surface area contributed by atoms with Gasteiger partial charge in [-0.2, -0.15) is 0 Å². The van der Waals surface area contributed by atoms with Gasteiger partial charge in [0.05, 0.1) is 13.1 Å². The van der Waals surface area contributed by atoms with E-state index in [9.17, 15) is 0 Å². The number of hydrogen-bond donors (Lipinski definition) is 2. The van der Waals surface area contributed by atoms with Crippen molar-refractivity contribution in [3.05, 3.63) is 51.4 Å². The predicted octanol–water partition coefficient (Wildman–Crippen LogP) is 3.05. The first kappa shape index (κ1) is 14.8. The Morgan fingerprint density at radius 3 is 2.90 bits per heavy atom. The minimum Gasteiger partial charge on any atom is -0.357 e. The molecule has 0 aliphatic carbocycles. The number of rotatable bonds is 5. The van der Waals surface area contributed by atoms with Crippen molar-refractivity contribution in [1.82, 2.24) is 15.6 Å².